The molecule has 0 aliphatic carbocycles. The van der Waals surface area contributed by atoms with E-state index in [-0.39, 0.29) is 25.2 Å². The van der Waals surface area contributed by atoms with Crippen molar-refractivity contribution in [2.75, 3.05) is 23.7 Å². The lowest BCUT2D eigenvalue weighted by atomic mass is 10.1. The largest absolute Gasteiger partial charge is 0.336 e. The molecule has 0 aliphatic heterocycles. The SMILES string of the molecule is Cc1ccc(C)c(N(CCNC(=O)NC(C)C)S(C)(=O)=O)c1. The first-order chi connectivity index (χ1) is 10.1. The topological polar surface area (TPSA) is 78.5 Å². The van der Waals surface area contributed by atoms with Crippen molar-refractivity contribution in [2.45, 2.75) is 33.7 Å². The third-order valence-corrected chi connectivity index (χ3v) is 4.23. The van der Waals surface area contributed by atoms with Crippen LogP contribution in [0.2, 0.25) is 0 Å². The van der Waals surface area contributed by atoms with E-state index in [1.54, 1.807) is 0 Å². The first-order valence-electron chi connectivity index (χ1n) is 7.20. The number of amides is 2. The lowest BCUT2D eigenvalue weighted by Crippen LogP contribution is -2.44. The average Bonchev–Trinajstić information content (AvgIpc) is 2.35. The van der Waals surface area contributed by atoms with E-state index in [0.717, 1.165) is 11.1 Å². The molecular weight excluding hydrogens is 302 g/mol. The smallest absolute Gasteiger partial charge is 0.315 e. The summed E-state index contributed by atoms with van der Waals surface area (Å²) in [5.74, 6) is 0. The highest BCUT2D eigenvalue weighted by molar-refractivity contribution is 7.92. The van der Waals surface area contributed by atoms with Gasteiger partial charge in [0.15, 0.2) is 0 Å². The molecule has 0 saturated carbocycles. The summed E-state index contributed by atoms with van der Waals surface area (Å²) in [5, 5.41) is 5.36. The Labute approximate surface area is 132 Å². The monoisotopic (exact) mass is 327 g/mol. The summed E-state index contributed by atoms with van der Waals surface area (Å²) in [6.45, 7) is 7.92. The van der Waals surface area contributed by atoms with Crippen molar-refractivity contribution in [3.05, 3.63) is 29.3 Å². The van der Waals surface area contributed by atoms with Gasteiger partial charge in [0.2, 0.25) is 10.0 Å². The number of carbonyl (C=O) groups excluding carboxylic acids is 1. The van der Waals surface area contributed by atoms with E-state index in [2.05, 4.69) is 10.6 Å². The van der Waals surface area contributed by atoms with E-state index >= 15 is 0 Å². The zero-order chi connectivity index (χ0) is 16.9. The Hall–Kier alpha value is -1.76. The van der Waals surface area contributed by atoms with Gasteiger partial charge in [0.05, 0.1) is 18.5 Å². The van der Waals surface area contributed by atoms with Crippen molar-refractivity contribution in [3.63, 3.8) is 0 Å². The molecule has 1 aromatic carbocycles. The van der Waals surface area contributed by atoms with Crippen LogP contribution in [0.3, 0.4) is 0 Å². The first-order valence-corrected chi connectivity index (χ1v) is 9.05. The minimum atomic E-state index is -3.42. The molecule has 0 heterocycles. The van der Waals surface area contributed by atoms with Gasteiger partial charge in [-0.3, -0.25) is 4.31 Å². The molecular formula is C15H25N3O3S. The molecule has 0 unspecified atom stereocenters. The summed E-state index contributed by atoms with van der Waals surface area (Å²) < 4.78 is 25.4. The second-order valence-corrected chi connectivity index (χ2v) is 7.59. The van der Waals surface area contributed by atoms with Crippen LogP contribution in [-0.2, 0) is 10.0 Å². The normalized spacial score (nSPS) is 11.4. The number of benzene rings is 1. The van der Waals surface area contributed by atoms with Crippen molar-refractivity contribution in [1.29, 1.82) is 0 Å². The number of nitrogens with zero attached hydrogens (tertiary/aromatic N) is 1. The van der Waals surface area contributed by atoms with Crippen molar-refractivity contribution in [2.24, 2.45) is 0 Å². The molecule has 0 aliphatic rings. The summed E-state index contributed by atoms with van der Waals surface area (Å²) >= 11 is 0. The van der Waals surface area contributed by atoms with Gasteiger partial charge in [-0.15, -0.1) is 0 Å². The molecule has 0 spiro atoms. The second-order valence-electron chi connectivity index (χ2n) is 5.68. The van der Waals surface area contributed by atoms with Crippen LogP contribution in [0.15, 0.2) is 18.2 Å². The molecule has 0 radical (unpaired) electrons. The molecule has 0 fully saturated rings. The van der Waals surface area contributed by atoms with Crippen LogP contribution >= 0.6 is 0 Å². The third-order valence-electron chi connectivity index (χ3n) is 3.05. The van der Waals surface area contributed by atoms with E-state index in [1.165, 1.54) is 10.6 Å². The first kappa shape index (κ1) is 18.3. The number of rotatable bonds is 6. The number of hydrogen-bond donors (Lipinski definition) is 2. The maximum absolute atomic E-state index is 12.0. The van der Waals surface area contributed by atoms with E-state index in [9.17, 15) is 13.2 Å². The Bertz CT molecular complexity index is 627. The lowest BCUT2D eigenvalue weighted by Gasteiger charge is -2.25. The van der Waals surface area contributed by atoms with Crippen molar-refractivity contribution in [3.8, 4) is 0 Å². The Balaban J connectivity index is 2.84. The number of hydrogen-bond acceptors (Lipinski definition) is 3. The standard InChI is InChI=1S/C15H25N3O3S/c1-11(2)17-15(19)16-8-9-18(22(5,20)21)14-10-12(3)6-7-13(14)4/h6-7,10-11H,8-9H2,1-5H3,(H2,16,17,19). The van der Waals surface area contributed by atoms with Crippen LogP contribution in [0.1, 0.15) is 25.0 Å². The molecule has 124 valence electrons. The van der Waals surface area contributed by atoms with Crippen molar-refractivity contribution < 1.29 is 13.2 Å². The van der Waals surface area contributed by atoms with Gasteiger partial charge in [0, 0.05) is 12.6 Å². The maximum atomic E-state index is 12.0. The zero-order valence-electron chi connectivity index (χ0n) is 13.8. The summed E-state index contributed by atoms with van der Waals surface area (Å²) in [7, 11) is -3.42. The molecule has 1 aromatic rings. The number of sulfonamides is 1. The number of anilines is 1. The summed E-state index contributed by atoms with van der Waals surface area (Å²) in [6.07, 6.45) is 1.17. The minimum Gasteiger partial charge on any atom is -0.336 e. The number of carbonyl (C=O) groups is 1. The van der Waals surface area contributed by atoms with Crippen LogP contribution in [0.5, 0.6) is 0 Å². The fourth-order valence-corrected chi connectivity index (χ4v) is 3.01. The van der Waals surface area contributed by atoms with E-state index in [4.69, 9.17) is 0 Å². The van der Waals surface area contributed by atoms with Gasteiger partial charge >= 0.3 is 6.03 Å². The molecule has 6 nitrogen and oxygen atoms in total. The van der Waals surface area contributed by atoms with Gasteiger partial charge in [0.25, 0.3) is 0 Å². The van der Waals surface area contributed by atoms with Crippen LogP contribution < -0.4 is 14.9 Å². The summed E-state index contributed by atoms with van der Waals surface area (Å²) in [4.78, 5) is 11.6. The van der Waals surface area contributed by atoms with E-state index in [0.29, 0.717) is 5.69 Å². The third kappa shape index (κ3) is 5.55. The maximum Gasteiger partial charge on any atom is 0.315 e. The molecule has 0 atom stereocenters. The number of urea groups is 1. The van der Waals surface area contributed by atoms with Crippen LogP contribution in [0.25, 0.3) is 0 Å². The van der Waals surface area contributed by atoms with Gasteiger partial charge in [0.1, 0.15) is 0 Å². The van der Waals surface area contributed by atoms with Crippen LogP contribution in [0.4, 0.5) is 10.5 Å². The summed E-state index contributed by atoms with van der Waals surface area (Å²) in [5.41, 5.74) is 2.51. The summed E-state index contributed by atoms with van der Waals surface area (Å²) in [6, 6.07) is 5.40. The minimum absolute atomic E-state index is 0.0324. The van der Waals surface area contributed by atoms with Crippen molar-refractivity contribution >= 4 is 21.7 Å². The number of nitrogens with one attached hydrogen (secondary N) is 2. The van der Waals surface area contributed by atoms with E-state index in [1.807, 2.05) is 45.9 Å². The average molecular weight is 327 g/mol. The highest BCUT2D eigenvalue weighted by Crippen LogP contribution is 2.23. The molecule has 0 saturated heterocycles. The van der Waals surface area contributed by atoms with Crippen LogP contribution in [0, 0.1) is 13.8 Å². The fraction of sp³-hybridized carbons (Fsp3) is 0.533. The second kappa shape index (κ2) is 7.49. The van der Waals surface area contributed by atoms with Gasteiger partial charge in [-0.05, 0) is 44.9 Å². The Morgan fingerprint density at radius 2 is 1.91 bits per heavy atom. The molecule has 1 rings (SSSR count). The molecule has 0 aromatic heterocycles. The van der Waals surface area contributed by atoms with E-state index < -0.39 is 10.0 Å². The predicted octanol–water partition coefficient (Wildman–Crippen LogP) is 1.78. The fourth-order valence-electron chi connectivity index (χ4n) is 2.04. The highest BCUT2D eigenvalue weighted by Gasteiger charge is 2.19. The van der Waals surface area contributed by atoms with Gasteiger partial charge in [-0.1, -0.05) is 12.1 Å². The van der Waals surface area contributed by atoms with Gasteiger partial charge < -0.3 is 10.6 Å². The Morgan fingerprint density at radius 3 is 2.45 bits per heavy atom. The van der Waals surface area contributed by atoms with Gasteiger partial charge in [-0.25, -0.2) is 13.2 Å². The molecule has 2 amide bonds. The molecule has 2 N–H and O–H groups in total. The zero-order valence-corrected chi connectivity index (χ0v) is 14.6. The predicted molar refractivity (Wildman–Crippen MR) is 89.8 cm³/mol. The molecule has 0 bridgehead atoms. The van der Waals surface area contributed by atoms with Crippen LogP contribution in [-0.4, -0.2) is 39.8 Å². The Kier molecular flexibility index (Phi) is 6.22. The number of aryl methyl sites for hydroxylation is 2. The van der Waals surface area contributed by atoms with Gasteiger partial charge in [-0.2, -0.15) is 0 Å². The molecule has 22 heavy (non-hydrogen) atoms. The molecule has 7 heteroatoms. The quantitative estimate of drug-likeness (QED) is 0.836. The highest BCUT2D eigenvalue weighted by atomic mass is 32.2. The Morgan fingerprint density at radius 1 is 1.27 bits per heavy atom. The lowest BCUT2D eigenvalue weighted by molar-refractivity contribution is 0.239. The van der Waals surface area contributed by atoms with Crippen molar-refractivity contribution in [1.82, 2.24) is 10.6 Å².